The van der Waals surface area contributed by atoms with Gasteiger partial charge in [-0.25, -0.2) is 0 Å². The van der Waals surface area contributed by atoms with E-state index in [0.717, 1.165) is 76.7 Å². The van der Waals surface area contributed by atoms with Crippen LogP contribution < -0.4 is 4.90 Å². The number of amides is 1. The van der Waals surface area contributed by atoms with E-state index in [-0.39, 0.29) is 11.2 Å². The fraction of sp³-hybridized carbons (Fsp3) is 0.842. The minimum atomic E-state index is -0.166. The van der Waals surface area contributed by atoms with Crippen LogP contribution in [0.2, 0.25) is 0 Å². The first-order valence-electron chi connectivity index (χ1n) is 10.4. The quantitative estimate of drug-likeness (QED) is 0.630. The first-order valence-corrected chi connectivity index (χ1v) is 11.3. The summed E-state index contributed by atoms with van der Waals surface area (Å²) in [6.07, 6.45) is 0. The SMILES string of the molecule is CCN1CCN(C(=O)C(C)Sc2nnc(N3CCOCC3)n2CC(C)C)CC1. The van der Waals surface area contributed by atoms with Crippen LogP contribution in [0.5, 0.6) is 0 Å². The number of nitrogens with zero attached hydrogens (tertiary/aromatic N) is 6. The van der Waals surface area contributed by atoms with E-state index in [2.05, 4.69) is 45.3 Å². The van der Waals surface area contributed by atoms with E-state index in [1.807, 2.05) is 11.8 Å². The van der Waals surface area contributed by atoms with E-state index in [1.54, 1.807) is 0 Å². The number of aromatic nitrogens is 3. The average Bonchev–Trinajstić information content (AvgIpc) is 3.09. The van der Waals surface area contributed by atoms with Gasteiger partial charge in [-0.2, -0.15) is 0 Å². The zero-order valence-corrected chi connectivity index (χ0v) is 18.5. The molecule has 158 valence electrons. The van der Waals surface area contributed by atoms with Gasteiger partial charge in [-0.15, -0.1) is 10.2 Å². The lowest BCUT2D eigenvalue weighted by atomic mass is 10.2. The van der Waals surface area contributed by atoms with Crippen molar-refractivity contribution in [1.29, 1.82) is 0 Å². The van der Waals surface area contributed by atoms with Gasteiger partial charge in [0.05, 0.1) is 18.5 Å². The average molecular weight is 411 g/mol. The van der Waals surface area contributed by atoms with Gasteiger partial charge in [0.1, 0.15) is 0 Å². The molecule has 1 atom stereocenters. The van der Waals surface area contributed by atoms with E-state index in [0.29, 0.717) is 5.92 Å². The Morgan fingerprint density at radius 2 is 1.75 bits per heavy atom. The fourth-order valence-corrected chi connectivity index (χ4v) is 4.58. The van der Waals surface area contributed by atoms with Crippen LogP contribution in [0.4, 0.5) is 5.95 Å². The van der Waals surface area contributed by atoms with E-state index in [9.17, 15) is 4.79 Å². The lowest BCUT2D eigenvalue weighted by Crippen LogP contribution is -2.50. The van der Waals surface area contributed by atoms with Gasteiger partial charge in [0.15, 0.2) is 5.16 Å². The second-order valence-corrected chi connectivity index (χ2v) is 9.21. The number of thioether (sulfide) groups is 1. The van der Waals surface area contributed by atoms with Crippen LogP contribution in [0.25, 0.3) is 0 Å². The van der Waals surface area contributed by atoms with E-state index in [4.69, 9.17) is 4.74 Å². The van der Waals surface area contributed by atoms with Crippen molar-refractivity contribution >= 4 is 23.6 Å². The summed E-state index contributed by atoms with van der Waals surface area (Å²) in [5.41, 5.74) is 0. The third-order valence-corrected chi connectivity index (χ3v) is 6.37. The third-order valence-electron chi connectivity index (χ3n) is 5.30. The molecule has 0 spiro atoms. The summed E-state index contributed by atoms with van der Waals surface area (Å²) in [7, 11) is 0. The number of anilines is 1. The highest BCUT2D eigenvalue weighted by molar-refractivity contribution is 8.00. The number of hydrogen-bond acceptors (Lipinski definition) is 7. The molecule has 3 heterocycles. The maximum Gasteiger partial charge on any atom is 0.235 e. The molecule has 1 aromatic heterocycles. The molecule has 3 rings (SSSR count). The van der Waals surface area contributed by atoms with Gasteiger partial charge >= 0.3 is 0 Å². The van der Waals surface area contributed by atoms with Gasteiger partial charge in [-0.05, 0) is 19.4 Å². The van der Waals surface area contributed by atoms with Crippen molar-refractivity contribution in [2.75, 3.05) is 63.9 Å². The van der Waals surface area contributed by atoms with Crippen LogP contribution in [-0.2, 0) is 16.1 Å². The highest BCUT2D eigenvalue weighted by Crippen LogP contribution is 2.28. The summed E-state index contributed by atoms with van der Waals surface area (Å²) in [6.45, 7) is 17.1. The molecule has 2 saturated heterocycles. The summed E-state index contributed by atoms with van der Waals surface area (Å²) in [5, 5.41) is 9.59. The molecule has 2 aliphatic rings. The standard InChI is InChI=1S/C19H34N6O2S/c1-5-22-6-8-23(9-7-22)17(26)16(4)28-19-21-20-18(25(19)14-15(2)3)24-10-12-27-13-11-24/h15-16H,5-14H2,1-4H3. The largest absolute Gasteiger partial charge is 0.378 e. The summed E-state index contributed by atoms with van der Waals surface area (Å²) < 4.78 is 7.65. The molecule has 8 nitrogen and oxygen atoms in total. The molecule has 0 aliphatic carbocycles. The molecular formula is C19H34N6O2S. The monoisotopic (exact) mass is 410 g/mol. The number of carbonyl (C=O) groups excluding carboxylic acids is 1. The Hall–Kier alpha value is -1.32. The van der Waals surface area contributed by atoms with Crippen LogP contribution in [0.3, 0.4) is 0 Å². The van der Waals surface area contributed by atoms with Crippen LogP contribution in [0.1, 0.15) is 27.7 Å². The van der Waals surface area contributed by atoms with Crippen molar-refractivity contribution in [3.63, 3.8) is 0 Å². The lowest BCUT2D eigenvalue weighted by Gasteiger charge is -2.35. The number of morpholine rings is 1. The number of hydrogen-bond donors (Lipinski definition) is 0. The topological polar surface area (TPSA) is 66.7 Å². The van der Waals surface area contributed by atoms with Crippen molar-refractivity contribution in [3.8, 4) is 0 Å². The Balaban J connectivity index is 1.68. The predicted molar refractivity (Wildman–Crippen MR) is 112 cm³/mol. The highest BCUT2D eigenvalue weighted by atomic mass is 32.2. The normalized spacial score (nSPS) is 20.0. The third kappa shape index (κ3) is 5.18. The molecule has 1 unspecified atom stereocenters. The van der Waals surface area contributed by atoms with Crippen molar-refractivity contribution < 1.29 is 9.53 Å². The second-order valence-electron chi connectivity index (χ2n) is 7.91. The molecule has 0 saturated carbocycles. The Bertz CT molecular complexity index is 638. The van der Waals surface area contributed by atoms with Crippen LogP contribution in [0, 0.1) is 5.92 Å². The van der Waals surface area contributed by atoms with Crippen LogP contribution in [-0.4, -0.2) is 94.7 Å². The van der Waals surface area contributed by atoms with Gasteiger partial charge in [-0.3, -0.25) is 9.36 Å². The molecule has 0 N–H and O–H groups in total. The van der Waals surface area contributed by atoms with Crippen LogP contribution in [0.15, 0.2) is 5.16 Å². The molecule has 0 radical (unpaired) electrons. The van der Waals surface area contributed by atoms with E-state index >= 15 is 0 Å². The molecule has 2 aliphatic heterocycles. The van der Waals surface area contributed by atoms with Gasteiger partial charge in [0.2, 0.25) is 11.9 Å². The minimum absolute atomic E-state index is 0.166. The van der Waals surface area contributed by atoms with E-state index < -0.39 is 0 Å². The molecule has 2 fully saturated rings. The Morgan fingerprint density at radius 1 is 1.07 bits per heavy atom. The van der Waals surface area contributed by atoms with Gasteiger partial charge in [0, 0.05) is 45.8 Å². The Labute approximate surface area is 172 Å². The molecule has 9 heteroatoms. The number of piperazine rings is 1. The van der Waals surface area contributed by atoms with Crippen molar-refractivity contribution in [3.05, 3.63) is 0 Å². The molecule has 1 amide bonds. The van der Waals surface area contributed by atoms with Crippen LogP contribution >= 0.6 is 11.8 Å². The first-order chi connectivity index (χ1) is 13.5. The van der Waals surface area contributed by atoms with Crippen molar-refractivity contribution in [1.82, 2.24) is 24.6 Å². The molecular weight excluding hydrogens is 376 g/mol. The Morgan fingerprint density at radius 3 is 2.36 bits per heavy atom. The Kier molecular flexibility index (Phi) is 7.59. The number of ether oxygens (including phenoxy) is 1. The summed E-state index contributed by atoms with van der Waals surface area (Å²) in [5.74, 6) is 1.58. The maximum absolute atomic E-state index is 12.9. The smallest absolute Gasteiger partial charge is 0.235 e. The fourth-order valence-electron chi connectivity index (χ4n) is 3.64. The van der Waals surface area contributed by atoms with E-state index in [1.165, 1.54) is 11.8 Å². The number of likely N-dealkylation sites (N-methyl/N-ethyl adjacent to an activating group) is 1. The molecule has 0 aromatic carbocycles. The molecule has 0 bridgehead atoms. The summed E-state index contributed by atoms with van der Waals surface area (Å²) in [4.78, 5) is 19.6. The lowest BCUT2D eigenvalue weighted by molar-refractivity contribution is -0.132. The molecule has 28 heavy (non-hydrogen) atoms. The van der Waals surface area contributed by atoms with Crippen molar-refractivity contribution in [2.24, 2.45) is 5.92 Å². The van der Waals surface area contributed by atoms with Gasteiger partial charge < -0.3 is 19.4 Å². The summed E-state index contributed by atoms with van der Waals surface area (Å²) >= 11 is 1.53. The maximum atomic E-state index is 12.9. The highest BCUT2D eigenvalue weighted by Gasteiger charge is 2.28. The number of carbonyl (C=O) groups is 1. The molecule has 1 aromatic rings. The van der Waals surface area contributed by atoms with Crippen molar-refractivity contribution in [2.45, 2.75) is 44.6 Å². The minimum Gasteiger partial charge on any atom is -0.378 e. The van der Waals surface area contributed by atoms with Gasteiger partial charge in [-0.1, -0.05) is 32.5 Å². The zero-order valence-electron chi connectivity index (χ0n) is 17.6. The number of rotatable bonds is 7. The zero-order chi connectivity index (χ0) is 20.1. The van der Waals surface area contributed by atoms with Gasteiger partial charge in [0.25, 0.3) is 0 Å². The first kappa shape index (κ1) is 21.4. The summed E-state index contributed by atoms with van der Waals surface area (Å²) in [6, 6.07) is 0. The second kappa shape index (κ2) is 9.93. The predicted octanol–water partition coefficient (Wildman–Crippen LogP) is 1.42.